The molecule has 2 atom stereocenters. The molecule has 2 aromatic carbocycles. The molecule has 0 saturated heterocycles. The van der Waals surface area contributed by atoms with Gasteiger partial charge in [0.05, 0.1) is 6.10 Å². The second-order valence-corrected chi connectivity index (χ2v) is 5.94. The van der Waals surface area contributed by atoms with Crippen molar-refractivity contribution in [1.82, 2.24) is 10.7 Å². The molecule has 24 heavy (non-hydrogen) atoms. The lowest BCUT2D eigenvalue weighted by Crippen LogP contribution is -2.31. The van der Waals surface area contributed by atoms with E-state index in [4.69, 9.17) is 5.84 Å². The van der Waals surface area contributed by atoms with Crippen LogP contribution in [-0.4, -0.2) is 23.6 Å². The molecular weight excluding hydrogens is 302 g/mol. The van der Waals surface area contributed by atoms with Gasteiger partial charge in [-0.2, -0.15) is 0 Å². The van der Waals surface area contributed by atoms with Gasteiger partial charge in [-0.05, 0) is 43.0 Å². The van der Waals surface area contributed by atoms with E-state index in [2.05, 4.69) is 17.7 Å². The summed E-state index contributed by atoms with van der Waals surface area (Å²) in [5, 5.41) is 13.5. The largest absolute Gasteiger partial charge is 0.387 e. The van der Waals surface area contributed by atoms with Gasteiger partial charge in [-0.25, -0.2) is 5.84 Å². The predicted molar refractivity (Wildman–Crippen MR) is 95.3 cm³/mol. The topological polar surface area (TPSA) is 87.4 Å². The first kappa shape index (κ1) is 18.1. The first-order valence-corrected chi connectivity index (χ1v) is 8.16. The second kappa shape index (κ2) is 9.17. The Morgan fingerprint density at radius 3 is 2.42 bits per heavy atom. The van der Waals surface area contributed by atoms with Crippen LogP contribution in [-0.2, 0) is 6.42 Å². The van der Waals surface area contributed by atoms with E-state index in [1.807, 2.05) is 42.5 Å². The van der Waals surface area contributed by atoms with E-state index >= 15 is 0 Å². The summed E-state index contributed by atoms with van der Waals surface area (Å²) >= 11 is 0. The standard InChI is InChI=1S/C19H25N3O2/c1-14(21-13-18(23)16-5-3-2-4-6-16)7-8-15-9-11-17(12-10-15)19(24)22-20/h2-6,9-12,14,18,21,23H,7-8,13,20H2,1H3,(H,22,24)/t14-,18+/m1/s1. The van der Waals surface area contributed by atoms with Crippen LogP contribution in [0.3, 0.4) is 0 Å². The van der Waals surface area contributed by atoms with Crippen molar-refractivity contribution in [2.75, 3.05) is 6.54 Å². The number of amides is 1. The molecule has 0 spiro atoms. The second-order valence-electron chi connectivity index (χ2n) is 5.94. The highest BCUT2D eigenvalue weighted by Gasteiger charge is 2.09. The Labute approximate surface area is 142 Å². The van der Waals surface area contributed by atoms with E-state index in [-0.39, 0.29) is 11.9 Å². The van der Waals surface area contributed by atoms with Crippen LogP contribution in [0.5, 0.6) is 0 Å². The number of hydrogen-bond acceptors (Lipinski definition) is 4. The van der Waals surface area contributed by atoms with Crippen LogP contribution < -0.4 is 16.6 Å². The molecule has 0 bridgehead atoms. The average molecular weight is 327 g/mol. The Balaban J connectivity index is 1.75. The van der Waals surface area contributed by atoms with Crippen molar-refractivity contribution in [3.63, 3.8) is 0 Å². The SMILES string of the molecule is C[C@H](CCc1ccc(C(=O)NN)cc1)NC[C@H](O)c1ccccc1. The zero-order chi connectivity index (χ0) is 17.4. The number of nitrogens with two attached hydrogens (primary N) is 1. The molecule has 0 radical (unpaired) electrons. The van der Waals surface area contributed by atoms with E-state index in [1.165, 1.54) is 5.56 Å². The van der Waals surface area contributed by atoms with Gasteiger partial charge >= 0.3 is 0 Å². The van der Waals surface area contributed by atoms with Gasteiger partial charge in [-0.1, -0.05) is 42.5 Å². The van der Waals surface area contributed by atoms with E-state index < -0.39 is 6.10 Å². The van der Waals surface area contributed by atoms with Gasteiger partial charge in [0, 0.05) is 18.2 Å². The number of aliphatic hydroxyl groups is 1. The number of rotatable bonds is 8. The number of nitrogen functional groups attached to an aromatic ring is 1. The van der Waals surface area contributed by atoms with Crippen molar-refractivity contribution >= 4 is 5.91 Å². The highest BCUT2D eigenvalue weighted by molar-refractivity contribution is 5.93. The van der Waals surface area contributed by atoms with Gasteiger partial charge < -0.3 is 10.4 Å². The molecular formula is C19H25N3O2. The van der Waals surface area contributed by atoms with Crippen LogP contribution in [0.1, 0.15) is 40.9 Å². The highest BCUT2D eigenvalue weighted by atomic mass is 16.3. The van der Waals surface area contributed by atoms with Gasteiger partial charge in [0.25, 0.3) is 5.91 Å². The normalized spacial score (nSPS) is 13.3. The fourth-order valence-corrected chi connectivity index (χ4v) is 2.50. The molecule has 0 saturated carbocycles. The van der Waals surface area contributed by atoms with Crippen LogP contribution in [0.15, 0.2) is 54.6 Å². The maximum absolute atomic E-state index is 11.4. The minimum Gasteiger partial charge on any atom is -0.387 e. The molecule has 0 heterocycles. The molecule has 128 valence electrons. The third kappa shape index (κ3) is 5.45. The number of aliphatic hydroxyl groups excluding tert-OH is 1. The lowest BCUT2D eigenvalue weighted by molar-refractivity contribution is 0.0953. The van der Waals surface area contributed by atoms with Crippen molar-refractivity contribution in [2.24, 2.45) is 5.84 Å². The minimum atomic E-state index is -0.497. The van der Waals surface area contributed by atoms with Gasteiger partial charge in [-0.15, -0.1) is 0 Å². The Kier molecular flexibility index (Phi) is 6.93. The van der Waals surface area contributed by atoms with Crippen molar-refractivity contribution in [2.45, 2.75) is 31.9 Å². The zero-order valence-corrected chi connectivity index (χ0v) is 13.9. The summed E-state index contributed by atoms with van der Waals surface area (Å²) in [6, 6.07) is 17.4. The third-order valence-electron chi connectivity index (χ3n) is 4.06. The Hall–Kier alpha value is -2.21. The van der Waals surface area contributed by atoms with Crippen molar-refractivity contribution in [1.29, 1.82) is 0 Å². The van der Waals surface area contributed by atoms with Gasteiger partial charge in [0.1, 0.15) is 0 Å². The van der Waals surface area contributed by atoms with Crippen LogP contribution in [0, 0.1) is 0 Å². The maximum atomic E-state index is 11.4. The molecule has 0 fully saturated rings. The van der Waals surface area contributed by atoms with E-state index in [9.17, 15) is 9.90 Å². The van der Waals surface area contributed by atoms with Crippen molar-refractivity contribution in [3.8, 4) is 0 Å². The molecule has 2 aromatic rings. The van der Waals surface area contributed by atoms with Crippen LogP contribution in [0.4, 0.5) is 0 Å². The van der Waals surface area contributed by atoms with Gasteiger partial charge in [-0.3, -0.25) is 10.2 Å². The van der Waals surface area contributed by atoms with Crippen LogP contribution in [0.2, 0.25) is 0 Å². The lowest BCUT2D eigenvalue weighted by atomic mass is 10.0. The fourth-order valence-electron chi connectivity index (χ4n) is 2.50. The number of carbonyl (C=O) groups excluding carboxylic acids is 1. The highest BCUT2D eigenvalue weighted by Crippen LogP contribution is 2.12. The molecule has 0 aliphatic carbocycles. The maximum Gasteiger partial charge on any atom is 0.265 e. The molecule has 0 unspecified atom stereocenters. The quantitative estimate of drug-likeness (QED) is 0.339. The van der Waals surface area contributed by atoms with Gasteiger partial charge in [0.2, 0.25) is 0 Å². The van der Waals surface area contributed by atoms with Gasteiger partial charge in [0.15, 0.2) is 0 Å². The summed E-state index contributed by atoms with van der Waals surface area (Å²) < 4.78 is 0. The third-order valence-corrected chi connectivity index (χ3v) is 4.06. The first-order chi connectivity index (χ1) is 11.6. The minimum absolute atomic E-state index is 0.286. The number of hydrazine groups is 1. The number of hydrogen-bond donors (Lipinski definition) is 4. The summed E-state index contributed by atoms with van der Waals surface area (Å²) in [5.41, 5.74) is 4.76. The molecule has 0 aliphatic rings. The van der Waals surface area contributed by atoms with E-state index in [0.717, 1.165) is 18.4 Å². The summed E-state index contributed by atoms with van der Waals surface area (Å²) in [7, 11) is 0. The molecule has 5 N–H and O–H groups in total. The first-order valence-electron chi connectivity index (χ1n) is 8.16. The summed E-state index contributed by atoms with van der Waals surface area (Å²) in [4.78, 5) is 11.4. The molecule has 0 aliphatic heterocycles. The fraction of sp³-hybridized carbons (Fsp3) is 0.316. The number of nitrogens with one attached hydrogen (secondary N) is 2. The predicted octanol–water partition coefficient (Wildman–Crippen LogP) is 1.93. The number of benzene rings is 2. The Morgan fingerprint density at radius 2 is 1.79 bits per heavy atom. The van der Waals surface area contributed by atoms with Crippen molar-refractivity contribution in [3.05, 3.63) is 71.3 Å². The smallest absolute Gasteiger partial charge is 0.265 e. The van der Waals surface area contributed by atoms with Crippen molar-refractivity contribution < 1.29 is 9.90 Å². The lowest BCUT2D eigenvalue weighted by Gasteiger charge is -2.17. The van der Waals surface area contributed by atoms with Crippen LogP contribution in [0.25, 0.3) is 0 Å². The molecule has 5 heteroatoms. The van der Waals surface area contributed by atoms with Crippen LogP contribution >= 0.6 is 0 Å². The number of aryl methyl sites for hydroxylation is 1. The molecule has 0 aromatic heterocycles. The monoisotopic (exact) mass is 327 g/mol. The Morgan fingerprint density at radius 1 is 1.12 bits per heavy atom. The summed E-state index contributed by atoms with van der Waals surface area (Å²) in [6.07, 6.45) is 1.35. The van der Waals surface area contributed by atoms with E-state index in [0.29, 0.717) is 12.1 Å². The summed E-state index contributed by atoms with van der Waals surface area (Å²) in [5.74, 6) is 4.83. The average Bonchev–Trinajstić information content (AvgIpc) is 2.64. The molecule has 1 amide bonds. The number of carbonyl (C=O) groups is 1. The molecule has 5 nitrogen and oxygen atoms in total. The molecule has 2 rings (SSSR count). The Bertz CT molecular complexity index is 629. The zero-order valence-electron chi connectivity index (χ0n) is 13.9. The van der Waals surface area contributed by atoms with E-state index in [1.54, 1.807) is 12.1 Å². The summed E-state index contributed by atoms with van der Waals surface area (Å²) in [6.45, 7) is 2.63.